The minimum atomic E-state index is 0.563. The summed E-state index contributed by atoms with van der Waals surface area (Å²) in [5.41, 5.74) is 3.26. The number of anilines is 2. The van der Waals surface area contributed by atoms with Gasteiger partial charge in [-0.1, -0.05) is 12.1 Å². The fourth-order valence-electron chi connectivity index (χ4n) is 3.08. The molecule has 2 aromatic heterocycles. The summed E-state index contributed by atoms with van der Waals surface area (Å²) in [5, 5.41) is 11.9. The first-order valence-corrected chi connectivity index (χ1v) is 8.98. The fraction of sp³-hybridized carbons (Fsp3) is 0.250. The number of hydrogen-bond acceptors (Lipinski definition) is 6. The van der Waals surface area contributed by atoms with Gasteiger partial charge in [-0.2, -0.15) is 0 Å². The molecule has 4 aromatic rings. The molecule has 0 saturated heterocycles. The number of aromatic nitrogens is 4. The molecule has 138 valence electrons. The van der Waals surface area contributed by atoms with Crippen LogP contribution < -0.4 is 14.8 Å². The third-order valence-electron chi connectivity index (χ3n) is 4.21. The Morgan fingerprint density at radius 1 is 1.00 bits per heavy atom. The van der Waals surface area contributed by atoms with Crippen LogP contribution >= 0.6 is 0 Å². The first-order chi connectivity index (χ1) is 13.2. The van der Waals surface area contributed by atoms with Crippen LogP contribution in [0.1, 0.15) is 19.7 Å². The van der Waals surface area contributed by atoms with E-state index in [-0.39, 0.29) is 0 Å². The lowest BCUT2D eigenvalue weighted by Gasteiger charge is -2.15. The van der Waals surface area contributed by atoms with Crippen LogP contribution in [-0.4, -0.2) is 32.8 Å². The van der Waals surface area contributed by atoms with Crippen molar-refractivity contribution in [1.29, 1.82) is 0 Å². The maximum absolute atomic E-state index is 5.76. The van der Waals surface area contributed by atoms with Gasteiger partial charge in [0.15, 0.2) is 5.82 Å². The topological polar surface area (TPSA) is 73.6 Å². The molecule has 0 fully saturated rings. The van der Waals surface area contributed by atoms with E-state index in [4.69, 9.17) is 14.5 Å². The highest BCUT2D eigenvalue weighted by Crippen LogP contribution is 2.33. The number of rotatable bonds is 6. The molecule has 7 nitrogen and oxygen atoms in total. The van der Waals surface area contributed by atoms with Gasteiger partial charge in [0.1, 0.15) is 17.3 Å². The second-order valence-electron chi connectivity index (χ2n) is 6.00. The van der Waals surface area contributed by atoms with Crippen molar-refractivity contribution in [2.24, 2.45) is 0 Å². The van der Waals surface area contributed by atoms with Crippen molar-refractivity contribution in [2.45, 2.75) is 20.8 Å². The summed E-state index contributed by atoms with van der Waals surface area (Å²) in [6.07, 6.45) is 0. The van der Waals surface area contributed by atoms with Crippen LogP contribution in [0.15, 0.2) is 42.5 Å². The minimum absolute atomic E-state index is 0.563. The maximum Gasteiger partial charge on any atom is 0.204 e. The van der Waals surface area contributed by atoms with Crippen molar-refractivity contribution in [2.75, 3.05) is 18.5 Å². The van der Waals surface area contributed by atoms with Gasteiger partial charge in [0.05, 0.1) is 29.9 Å². The van der Waals surface area contributed by atoms with Crippen LogP contribution in [0, 0.1) is 6.92 Å². The van der Waals surface area contributed by atoms with Gasteiger partial charge in [0.25, 0.3) is 0 Å². The van der Waals surface area contributed by atoms with E-state index in [0.29, 0.717) is 24.7 Å². The van der Waals surface area contributed by atoms with Crippen molar-refractivity contribution in [3.05, 3.63) is 48.3 Å². The van der Waals surface area contributed by atoms with Crippen LogP contribution in [0.4, 0.5) is 11.5 Å². The number of benzene rings is 2. The zero-order chi connectivity index (χ0) is 18.8. The van der Waals surface area contributed by atoms with E-state index in [2.05, 4.69) is 15.5 Å². The second-order valence-corrected chi connectivity index (χ2v) is 6.00. The van der Waals surface area contributed by atoms with Crippen molar-refractivity contribution in [3.8, 4) is 11.5 Å². The van der Waals surface area contributed by atoms with Crippen molar-refractivity contribution in [1.82, 2.24) is 19.6 Å². The Hall–Kier alpha value is -3.35. The van der Waals surface area contributed by atoms with Gasteiger partial charge in [-0.05, 0) is 45.0 Å². The molecule has 0 aliphatic rings. The average molecular weight is 363 g/mol. The SMILES string of the molecule is CCOc1ccc(OCC)c(Nc2nc3ccccc3n3c(C)nnc23)c1. The number of hydrogen-bond donors (Lipinski definition) is 1. The van der Waals surface area contributed by atoms with E-state index in [0.717, 1.165) is 34.0 Å². The molecule has 0 bridgehead atoms. The van der Waals surface area contributed by atoms with E-state index >= 15 is 0 Å². The number of ether oxygens (including phenoxy) is 2. The van der Waals surface area contributed by atoms with Crippen LogP contribution in [-0.2, 0) is 0 Å². The molecule has 2 aromatic carbocycles. The Bertz CT molecular complexity index is 1110. The molecule has 0 saturated carbocycles. The summed E-state index contributed by atoms with van der Waals surface area (Å²) in [5.74, 6) is 2.91. The predicted octanol–water partition coefficient (Wildman–Crippen LogP) is 4.13. The van der Waals surface area contributed by atoms with Gasteiger partial charge >= 0.3 is 0 Å². The van der Waals surface area contributed by atoms with E-state index < -0.39 is 0 Å². The van der Waals surface area contributed by atoms with E-state index in [1.54, 1.807) is 0 Å². The lowest BCUT2D eigenvalue weighted by molar-refractivity contribution is 0.332. The highest BCUT2D eigenvalue weighted by Gasteiger charge is 2.15. The molecule has 0 amide bonds. The van der Waals surface area contributed by atoms with Gasteiger partial charge in [0, 0.05) is 6.07 Å². The lowest BCUT2D eigenvalue weighted by Crippen LogP contribution is -2.04. The van der Waals surface area contributed by atoms with E-state index in [1.807, 2.05) is 67.6 Å². The lowest BCUT2D eigenvalue weighted by atomic mass is 10.2. The Balaban J connectivity index is 1.86. The van der Waals surface area contributed by atoms with Gasteiger partial charge in [0.2, 0.25) is 5.65 Å². The van der Waals surface area contributed by atoms with Crippen LogP contribution in [0.2, 0.25) is 0 Å². The van der Waals surface area contributed by atoms with E-state index in [1.165, 1.54) is 0 Å². The Labute approximate surface area is 157 Å². The van der Waals surface area contributed by atoms with Gasteiger partial charge in [-0.15, -0.1) is 10.2 Å². The molecule has 7 heteroatoms. The largest absolute Gasteiger partial charge is 0.494 e. The predicted molar refractivity (Wildman–Crippen MR) is 105 cm³/mol. The molecule has 0 radical (unpaired) electrons. The molecule has 4 rings (SSSR count). The van der Waals surface area contributed by atoms with Crippen molar-refractivity contribution in [3.63, 3.8) is 0 Å². The molecule has 0 unspecified atom stereocenters. The number of fused-ring (bicyclic) bond motifs is 3. The summed E-state index contributed by atoms with van der Waals surface area (Å²) < 4.78 is 13.4. The fourth-order valence-corrected chi connectivity index (χ4v) is 3.08. The van der Waals surface area contributed by atoms with Gasteiger partial charge in [-0.3, -0.25) is 4.40 Å². The van der Waals surface area contributed by atoms with Crippen LogP contribution in [0.25, 0.3) is 16.7 Å². The summed E-state index contributed by atoms with van der Waals surface area (Å²) >= 11 is 0. The smallest absolute Gasteiger partial charge is 0.204 e. The zero-order valence-corrected chi connectivity index (χ0v) is 15.6. The first-order valence-electron chi connectivity index (χ1n) is 8.98. The van der Waals surface area contributed by atoms with Crippen LogP contribution in [0.3, 0.4) is 0 Å². The molecule has 27 heavy (non-hydrogen) atoms. The number of para-hydroxylation sites is 2. The quantitative estimate of drug-likeness (QED) is 0.555. The Morgan fingerprint density at radius 2 is 1.81 bits per heavy atom. The molecular weight excluding hydrogens is 342 g/mol. The standard InChI is InChI=1S/C20H21N5O2/c1-4-26-14-10-11-18(27-5-2)16(12-14)22-19-20-24-23-13(3)25(20)17-9-7-6-8-15(17)21-19/h6-12H,4-5H2,1-3H3,(H,21,22). The van der Waals surface area contributed by atoms with Crippen molar-refractivity contribution < 1.29 is 9.47 Å². The van der Waals surface area contributed by atoms with Crippen molar-refractivity contribution >= 4 is 28.2 Å². The number of nitrogens with one attached hydrogen (secondary N) is 1. The summed E-state index contributed by atoms with van der Waals surface area (Å²) in [6, 6.07) is 13.6. The third-order valence-corrected chi connectivity index (χ3v) is 4.21. The minimum Gasteiger partial charge on any atom is -0.494 e. The molecule has 0 spiro atoms. The summed E-state index contributed by atoms with van der Waals surface area (Å²) in [7, 11) is 0. The monoisotopic (exact) mass is 363 g/mol. The molecule has 0 aliphatic heterocycles. The molecule has 0 atom stereocenters. The second kappa shape index (κ2) is 7.11. The first kappa shape index (κ1) is 17.1. The molecule has 1 N–H and O–H groups in total. The molecule has 2 heterocycles. The van der Waals surface area contributed by atoms with E-state index in [9.17, 15) is 0 Å². The van der Waals surface area contributed by atoms with Crippen LogP contribution in [0.5, 0.6) is 11.5 Å². The Kier molecular flexibility index (Phi) is 4.50. The van der Waals surface area contributed by atoms with Gasteiger partial charge < -0.3 is 14.8 Å². The Morgan fingerprint density at radius 3 is 2.63 bits per heavy atom. The normalized spacial score (nSPS) is 11.1. The zero-order valence-electron chi connectivity index (χ0n) is 15.6. The molecule has 0 aliphatic carbocycles. The highest BCUT2D eigenvalue weighted by atomic mass is 16.5. The third kappa shape index (κ3) is 3.12. The molecular formula is C20H21N5O2. The highest BCUT2D eigenvalue weighted by molar-refractivity contribution is 5.85. The number of nitrogens with zero attached hydrogens (tertiary/aromatic N) is 4. The average Bonchev–Trinajstić information content (AvgIpc) is 3.07. The summed E-state index contributed by atoms with van der Waals surface area (Å²) in [4.78, 5) is 4.76. The summed E-state index contributed by atoms with van der Waals surface area (Å²) in [6.45, 7) is 6.99. The maximum atomic E-state index is 5.76. The number of aryl methyl sites for hydroxylation is 1. The van der Waals surface area contributed by atoms with Gasteiger partial charge in [-0.25, -0.2) is 4.98 Å².